The first-order valence-corrected chi connectivity index (χ1v) is 4.69. The number of aromatic nitrogens is 2. The standard InChI is InChI=1S/C9H13FN4/c10-7-4-8(5-11)14(6-7)9-2-1-3-12-13-9/h1-3,7-8H,4-6,11H2/t7-,8-/m0/s1. The maximum absolute atomic E-state index is 13.2. The summed E-state index contributed by atoms with van der Waals surface area (Å²) in [5.74, 6) is 0.711. The molecule has 0 saturated carbocycles. The second-order valence-electron chi connectivity index (χ2n) is 3.46. The van der Waals surface area contributed by atoms with Crippen LogP contribution in [0.1, 0.15) is 6.42 Å². The second kappa shape index (κ2) is 3.88. The molecule has 0 spiro atoms. The summed E-state index contributed by atoms with van der Waals surface area (Å²) in [6, 6.07) is 3.68. The maximum atomic E-state index is 13.2. The zero-order valence-corrected chi connectivity index (χ0v) is 7.81. The summed E-state index contributed by atoms with van der Waals surface area (Å²) in [6.07, 6.45) is 1.29. The number of nitrogens with zero attached hydrogens (tertiary/aromatic N) is 3. The van der Waals surface area contributed by atoms with Crippen LogP contribution in [0.3, 0.4) is 0 Å². The molecule has 0 aliphatic carbocycles. The fraction of sp³-hybridized carbons (Fsp3) is 0.556. The average molecular weight is 196 g/mol. The van der Waals surface area contributed by atoms with Gasteiger partial charge in [-0.25, -0.2) is 4.39 Å². The van der Waals surface area contributed by atoms with E-state index in [1.54, 1.807) is 12.3 Å². The lowest BCUT2D eigenvalue weighted by atomic mass is 10.2. The highest BCUT2D eigenvalue weighted by atomic mass is 19.1. The third-order valence-electron chi connectivity index (χ3n) is 2.49. The number of nitrogens with two attached hydrogens (primary N) is 1. The van der Waals surface area contributed by atoms with Crippen LogP contribution in [-0.4, -0.2) is 35.5 Å². The summed E-state index contributed by atoms with van der Waals surface area (Å²) >= 11 is 0. The van der Waals surface area contributed by atoms with Gasteiger partial charge in [0, 0.05) is 25.2 Å². The third-order valence-corrected chi connectivity index (χ3v) is 2.49. The van der Waals surface area contributed by atoms with Crippen molar-refractivity contribution in [1.29, 1.82) is 0 Å². The minimum absolute atomic E-state index is 0.0571. The number of alkyl halides is 1. The lowest BCUT2D eigenvalue weighted by molar-refractivity contribution is 0.356. The van der Waals surface area contributed by atoms with Crippen molar-refractivity contribution >= 4 is 5.82 Å². The Morgan fingerprint density at radius 3 is 3.14 bits per heavy atom. The Kier molecular flexibility index (Phi) is 2.58. The van der Waals surface area contributed by atoms with E-state index in [0.29, 0.717) is 25.3 Å². The van der Waals surface area contributed by atoms with Crippen molar-refractivity contribution < 1.29 is 4.39 Å². The number of halogens is 1. The first-order chi connectivity index (χ1) is 6.81. The van der Waals surface area contributed by atoms with Gasteiger partial charge in [-0.1, -0.05) is 0 Å². The lowest BCUT2D eigenvalue weighted by Gasteiger charge is -2.23. The Hall–Kier alpha value is -1.23. The molecule has 0 radical (unpaired) electrons. The SMILES string of the molecule is NC[C@@H]1C[C@H](F)CN1c1cccnn1. The van der Waals surface area contributed by atoms with E-state index in [9.17, 15) is 4.39 Å². The highest BCUT2D eigenvalue weighted by Crippen LogP contribution is 2.24. The number of rotatable bonds is 2. The second-order valence-corrected chi connectivity index (χ2v) is 3.46. The molecule has 0 unspecified atom stereocenters. The molecule has 4 nitrogen and oxygen atoms in total. The van der Waals surface area contributed by atoms with Crippen LogP contribution in [-0.2, 0) is 0 Å². The van der Waals surface area contributed by atoms with Crippen LogP contribution in [0.5, 0.6) is 0 Å². The van der Waals surface area contributed by atoms with E-state index in [1.807, 2.05) is 11.0 Å². The average Bonchev–Trinajstić information content (AvgIpc) is 2.61. The Labute approximate surface area is 81.9 Å². The maximum Gasteiger partial charge on any atom is 0.151 e. The summed E-state index contributed by atoms with van der Waals surface area (Å²) in [4.78, 5) is 1.89. The molecule has 2 rings (SSSR count). The van der Waals surface area contributed by atoms with E-state index in [0.717, 1.165) is 0 Å². The van der Waals surface area contributed by atoms with Crippen LogP contribution in [0.25, 0.3) is 0 Å². The quantitative estimate of drug-likeness (QED) is 0.741. The molecule has 1 aliphatic rings. The summed E-state index contributed by atoms with van der Waals surface area (Å²) < 4.78 is 13.2. The minimum Gasteiger partial charge on any atom is -0.348 e. The van der Waals surface area contributed by atoms with Crippen LogP contribution < -0.4 is 10.6 Å². The molecule has 1 aromatic rings. The third kappa shape index (κ3) is 1.68. The van der Waals surface area contributed by atoms with E-state index in [1.165, 1.54) is 0 Å². The van der Waals surface area contributed by atoms with Crippen LogP contribution in [0, 0.1) is 0 Å². The van der Waals surface area contributed by atoms with Crippen LogP contribution in [0.2, 0.25) is 0 Å². The van der Waals surface area contributed by atoms with Crippen molar-refractivity contribution in [2.75, 3.05) is 18.0 Å². The Morgan fingerprint density at radius 1 is 1.64 bits per heavy atom. The number of hydrogen-bond donors (Lipinski definition) is 1. The van der Waals surface area contributed by atoms with Crippen molar-refractivity contribution in [3.8, 4) is 0 Å². The predicted octanol–water partition coefficient (Wildman–Crippen LogP) is 0.352. The van der Waals surface area contributed by atoms with Gasteiger partial charge < -0.3 is 10.6 Å². The zero-order valence-electron chi connectivity index (χ0n) is 7.81. The monoisotopic (exact) mass is 196 g/mol. The van der Waals surface area contributed by atoms with Gasteiger partial charge in [0.2, 0.25) is 0 Å². The van der Waals surface area contributed by atoms with Gasteiger partial charge in [-0.3, -0.25) is 0 Å². The molecule has 0 aromatic carbocycles. The summed E-state index contributed by atoms with van der Waals surface area (Å²) in [5.41, 5.74) is 5.57. The molecule has 0 amide bonds. The van der Waals surface area contributed by atoms with Gasteiger partial charge in [-0.15, -0.1) is 5.10 Å². The highest BCUT2D eigenvalue weighted by molar-refractivity contribution is 5.40. The van der Waals surface area contributed by atoms with Gasteiger partial charge in [0.05, 0.1) is 6.54 Å². The van der Waals surface area contributed by atoms with Crippen LogP contribution in [0.4, 0.5) is 10.2 Å². The molecular weight excluding hydrogens is 183 g/mol. The fourth-order valence-corrected chi connectivity index (χ4v) is 1.81. The smallest absolute Gasteiger partial charge is 0.151 e. The molecule has 2 heterocycles. The first-order valence-electron chi connectivity index (χ1n) is 4.69. The Bertz CT molecular complexity index is 292. The van der Waals surface area contributed by atoms with E-state index in [4.69, 9.17) is 5.73 Å². The largest absolute Gasteiger partial charge is 0.348 e. The first kappa shape index (κ1) is 9.33. The van der Waals surface area contributed by atoms with Gasteiger partial charge in [0.15, 0.2) is 5.82 Å². The van der Waals surface area contributed by atoms with Gasteiger partial charge in [0.1, 0.15) is 6.17 Å². The Balaban J connectivity index is 2.18. The fourth-order valence-electron chi connectivity index (χ4n) is 1.81. The van der Waals surface area contributed by atoms with Crippen LogP contribution in [0.15, 0.2) is 18.3 Å². The molecule has 2 N–H and O–H groups in total. The number of hydrogen-bond acceptors (Lipinski definition) is 4. The lowest BCUT2D eigenvalue weighted by Crippen LogP contribution is -2.36. The predicted molar refractivity (Wildman–Crippen MR) is 51.7 cm³/mol. The van der Waals surface area contributed by atoms with Crippen molar-refractivity contribution in [3.63, 3.8) is 0 Å². The van der Waals surface area contributed by atoms with Crippen molar-refractivity contribution in [3.05, 3.63) is 18.3 Å². The molecule has 0 bridgehead atoms. The molecule has 1 fully saturated rings. The molecule has 1 aliphatic heterocycles. The minimum atomic E-state index is -0.800. The molecule has 14 heavy (non-hydrogen) atoms. The molecule has 1 saturated heterocycles. The highest BCUT2D eigenvalue weighted by Gasteiger charge is 2.31. The summed E-state index contributed by atoms with van der Waals surface area (Å²) in [5, 5.41) is 7.72. The topological polar surface area (TPSA) is 55.0 Å². The van der Waals surface area contributed by atoms with Gasteiger partial charge in [0.25, 0.3) is 0 Å². The zero-order chi connectivity index (χ0) is 9.97. The van der Waals surface area contributed by atoms with E-state index in [-0.39, 0.29) is 6.04 Å². The molecule has 1 aromatic heterocycles. The number of anilines is 1. The molecule has 76 valence electrons. The van der Waals surface area contributed by atoms with Gasteiger partial charge in [-0.05, 0) is 12.1 Å². The molecular formula is C9H13FN4. The van der Waals surface area contributed by atoms with Crippen molar-refractivity contribution in [2.45, 2.75) is 18.6 Å². The summed E-state index contributed by atoms with van der Waals surface area (Å²) in [6.45, 7) is 0.831. The normalized spacial score (nSPS) is 26.9. The Morgan fingerprint density at radius 2 is 2.50 bits per heavy atom. The van der Waals surface area contributed by atoms with E-state index < -0.39 is 6.17 Å². The summed E-state index contributed by atoms with van der Waals surface area (Å²) in [7, 11) is 0. The van der Waals surface area contributed by atoms with Gasteiger partial charge >= 0.3 is 0 Å². The molecule has 5 heteroatoms. The van der Waals surface area contributed by atoms with Crippen molar-refractivity contribution in [2.24, 2.45) is 5.73 Å². The molecule has 2 atom stereocenters. The van der Waals surface area contributed by atoms with Gasteiger partial charge in [-0.2, -0.15) is 5.10 Å². The van der Waals surface area contributed by atoms with E-state index >= 15 is 0 Å². The van der Waals surface area contributed by atoms with Crippen LogP contribution >= 0.6 is 0 Å². The van der Waals surface area contributed by atoms with E-state index in [2.05, 4.69) is 10.2 Å². The van der Waals surface area contributed by atoms with Crippen molar-refractivity contribution in [1.82, 2.24) is 10.2 Å².